The molecule has 2 aromatic carbocycles. The van der Waals surface area contributed by atoms with Crippen molar-refractivity contribution < 1.29 is 32.0 Å². The van der Waals surface area contributed by atoms with E-state index >= 15 is 0 Å². The summed E-state index contributed by atoms with van der Waals surface area (Å²) in [5.74, 6) is -5.65. The molecule has 0 aliphatic rings. The first kappa shape index (κ1) is 17.8. The van der Waals surface area contributed by atoms with Crippen LogP contribution in [0.15, 0.2) is 30.3 Å². The minimum absolute atomic E-state index is 0.715. The summed E-state index contributed by atoms with van der Waals surface area (Å²) < 4.78 is 62.8. The maximum Gasteiger partial charge on any atom is 0.200 e. The Morgan fingerprint density at radius 1 is 0.864 bits per heavy atom. The number of para-hydroxylation sites is 1. The Kier molecular flexibility index (Phi) is 6.70. The van der Waals surface area contributed by atoms with Gasteiger partial charge in [-0.1, -0.05) is 18.2 Å². The SMILES string of the molecule is NOCc1c(F)c(F)c(F)c(F)c1F.ONc1ccccc1. The molecule has 9 heteroatoms. The highest BCUT2D eigenvalue weighted by Crippen LogP contribution is 2.23. The summed E-state index contributed by atoms with van der Waals surface area (Å²) in [6.07, 6.45) is 0. The van der Waals surface area contributed by atoms with Gasteiger partial charge in [0.05, 0.1) is 17.9 Å². The molecule has 22 heavy (non-hydrogen) atoms. The van der Waals surface area contributed by atoms with Crippen molar-refractivity contribution in [2.45, 2.75) is 6.61 Å². The molecule has 0 amide bonds. The van der Waals surface area contributed by atoms with E-state index in [1.54, 1.807) is 12.1 Å². The van der Waals surface area contributed by atoms with Crippen LogP contribution < -0.4 is 11.4 Å². The van der Waals surface area contributed by atoms with Gasteiger partial charge in [-0.15, -0.1) is 0 Å². The van der Waals surface area contributed by atoms with E-state index in [0.717, 1.165) is 0 Å². The fourth-order valence-electron chi connectivity index (χ4n) is 1.37. The standard InChI is InChI=1S/C7H4F5NO.C6H7NO/c8-3-2(1-14-13)4(9)6(11)7(12)5(3)10;8-7-6-4-2-1-3-5-6/h1,13H2;1-5,7-8H. The summed E-state index contributed by atoms with van der Waals surface area (Å²) in [7, 11) is 0. The largest absolute Gasteiger partial charge is 0.300 e. The van der Waals surface area contributed by atoms with E-state index in [1.165, 1.54) is 0 Å². The van der Waals surface area contributed by atoms with Crippen molar-refractivity contribution in [2.24, 2.45) is 5.90 Å². The molecule has 4 N–H and O–H groups in total. The first-order chi connectivity index (χ1) is 10.4. The van der Waals surface area contributed by atoms with Crippen molar-refractivity contribution in [3.05, 3.63) is 65.0 Å². The summed E-state index contributed by atoms with van der Waals surface area (Å²) in [6.45, 7) is -0.897. The second-order valence-corrected chi connectivity index (χ2v) is 3.84. The van der Waals surface area contributed by atoms with Crippen molar-refractivity contribution in [3.8, 4) is 0 Å². The number of nitrogens with one attached hydrogen (secondary N) is 1. The molecule has 0 atom stereocenters. The number of halogens is 5. The second kappa shape index (κ2) is 8.27. The molecule has 0 aromatic heterocycles. The van der Waals surface area contributed by atoms with Crippen LogP contribution in [0.3, 0.4) is 0 Å². The predicted molar refractivity (Wildman–Crippen MR) is 67.1 cm³/mol. The molecule has 2 rings (SSSR count). The van der Waals surface area contributed by atoms with Gasteiger partial charge in [-0.3, -0.25) is 15.5 Å². The van der Waals surface area contributed by atoms with Crippen molar-refractivity contribution >= 4 is 5.69 Å². The highest BCUT2D eigenvalue weighted by atomic mass is 19.2. The second-order valence-electron chi connectivity index (χ2n) is 3.84. The summed E-state index contributed by atoms with van der Waals surface area (Å²) >= 11 is 0. The number of hydrogen-bond donors (Lipinski definition) is 3. The van der Waals surface area contributed by atoms with Gasteiger partial charge in [0, 0.05) is 0 Å². The van der Waals surface area contributed by atoms with Crippen LogP contribution >= 0.6 is 0 Å². The maximum absolute atomic E-state index is 12.7. The molecule has 4 nitrogen and oxygen atoms in total. The minimum atomic E-state index is -2.21. The zero-order chi connectivity index (χ0) is 16.7. The van der Waals surface area contributed by atoms with Crippen LogP contribution in [0.2, 0.25) is 0 Å². The summed E-state index contributed by atoms with van der Waals surface area (Å²) in [4.78, 5) is 3.80. The third kappa shape index (κ3) is 4.13. The highest BCUT2D eigenvalue weighted by molar-refractivity contribution is 5.39. The normalized spacial score (nSPS) is 9.95. The topological polar surface area (TPSA) is 67.5 Å². The van der Waals surface area contributed by atoms with E-state index in [9.17, 15) is 22.0 Å². The fourth-order valence-corrected chi connectivity index (χ4v) is 1.37. The van der Waals surface area contributed by atoms with Crippen molar-refractivity contribution in [2.75, 3.05) is 5.48 Å². The molecule has 0 fully saturated rings. The molecular weight excluding hydrogens is 311 g/mol. The molecular formula is C13H11F5N2O2. The molecule has 0 spiro atoms. The van der Waals surface area contributed by atoms with E-state index in [-0.39, 0.29) is 0 Å². The van der Waals surface area contributed by atoms with E-state index in [1.807, 2.05) is 23.7 Å². The number of hydrogen-bond acceptors (Lipinski definition) is 4. The van der Waals surface area contributed by atoms with Crippen LogP contribution in [-0.2, 0) is 11.4 Å². The Bertz CT molecular complexity index is 597. The van der Waals surface area contributed by atoms with E-state index in [2.05, 4.69) is 10.7 Å². The summed E-state index contributed by atoms with van der Waals surface area (Å²) in [5, 5.41) is 8.29. The first-order valence-corrected chi connectivity index (χ1v) is 5.71. The molecule has 0 radical (unpaired) electrons. The lowest BCUT2D eigenvalue weighted by atomic mass is 10.2. The van der Waals surface area contributed by atoms with Gasteiger partial charge < -0.3 is 0 Å². The molecule has 0 bridgehead atoms. The lowest BCUT2D eigenvalue weighted by Gasteiger charge is -2.06. The van der Waals surface area contributed by atoms with Crippen LogP contribution in [0.25, 0.3) is 0 Å². The first-order valence-electron chi connectivity index (χ1n) is 5.71. The van der Waals surface area contributed by atoms with Gasteiger partial charge in [0.25, 0.3) is 0 Å². The van der Waals surface area contributed by atoms with E-state index in [0.29, 0.717) is 5.69 Å². The van der Waals surface area contributed by atoms with Crippen LogP contribution in [0.4, 0.5) is 27.6 Å². The average Bonchev–Trinajstić information content (AvgIpc) is 2.56. The minimum Gasteiger partial charge on any atom is -0.300 e. The molecule has 0 aliphatic carbocycles. The summed E-state index contributed by atoms with van der Waals surface area (Å²) in [6, 6.07) is 9.14. The van der Waals surface area contributed by atoms with Crippen LogP contribution in [0.1, 0.15) is 5.56 Å². The van der Waals surface area contributed by atoms with Crippen LogP contribution in [0.5, 0.6) is 0 Å². The van der Waals surface area contributed by atoms with Crippen molar-refractivity contribution in [1.82, 2.24) is 0 Å². The van der Waals surface area contributed by atoms with Crippen LogP contribution in [0, 0.1) is 29.1 Å². The monoisotopic (exact) mass is 322 g/mol. The number of rotatable bonds is 3. The molecule has 0 heterocycles. The molecule has 0 saturated heterocycles. The third-order valence-electron chi connectivity index (χ3n) is 2.43. The van der Waals surface area contributed by atoms with Crippen molar-refractivity contribution in [3.63, 3.8) is 0 Å². The Labute approximate surface area is 121 Å². The number of anilines is 1. The molecule has 2 aromatic rings. The Morgan fingerprint density at radius 3 is 1.68 bits per heavy atom. The lowest BCUT2D eigenvalue weighted by molar-refractivity contribution is 0.117. The van der Waals surface area contributed by atoms with Gasteiger partial charge in [-0.25, -0.2) is 27.8 Å². The zero-order valence-electron chi connectivity index (χ0n) is 10.9. The highest BCUT2D eigenvalue weighted by Gasteiger charge is 2.25. The van der Waals surface area contributed by atoms with Gasteiger partial charge >= 0.3 is 0 Å². The number of benzene rings is 2. The Hall–Kier alpha value is -2.23. The van der Waals surface area contributed by atoms with Gasteiger partial charge in [-0.2, -0.15) is 0 Å². The average molecular weight is 322 g/mol. The van der Waals surface area contributed by atoms with Gasteiger partial charge in [0.2, 0.25) is 5.82 Å². The summed E-state index contributed by atoms with van der Waals surface area (Å²) in [5.41, 5.74) is 1.65. The zero-order valence-corrected chi connectivity index (χ0v) is 10.9. The number of nitrogens with two attached hydrogens (primary N) is 1. The smallest absolute Gasteiger partial charge is 0.200 e. The van der Waals surface area contributed by atoms with E-state index < -0.39 is 41.3 Å². The quantitative estimate of drug-likeness (QED) is 0.351. The fraction of sp³-hybridized carbons (Fsp3) is 0.0769. The Morgan fingerprint density at radius 2 is 1.32 bits per heavy atom. The van der Waals surface area contributed by atoms with Gasteiger partial charge in [0.1, 0.15) is 0 Å². The Balaban J connectivity index is 0.000000255. The predicted octanol–water partition coefficient (Wildman–Crippen LogP) is 3.26. The third-order valence-corrected chi connectivity index (χ3v) is 2.43. The molecule has 0 unspecified atom stereocenters. The molecule has 120 valence electrons. The maximum atomic E-state index is 12.7. The van der Waals surface area contributed by atoms with Gasteiger partial charge in [-0.05, 0) is 12.1 Å². The van der Waals surface area contributed by atoms with Gasteiger partial charge in [0.15, 0.2) is 23.3 Å². The van der Waals surface area contributed by atoms with Crippen LogP contribution in [-0.4, -0.2) is 5.21 Å². The molecule has 0 saturated carbocycles. The van der Waals surface area contributed by atoms with Crippen molar-refractivity contribution in [1.29, 1.82) is 0 Å². The molecule has 0 aliphatic heterocycles. The lowest BCUT2D eigenvalue weighted by Crippen LogP contribution is -2.10. The van der Waals surface area contributed by atoms with E-state index in [4.69, 9.17) is 5.21 Å².